The van der Waals surface area contributed by atoms with Gasteiger partial charge in [-0.25, -0.2) is 15.0 Å². The number of aromatic nitrogens is 2. The summed E-state index contributed by atoms with van der Waals surface area (Å²) in [6, 6.07) is 4.19. The molecule has 0 bridgehead atoms. The van der Waals surface area contributed by atoms with Crippen molar-refractivity contribution in [2.75, 3.05) is 24.5 Å². The monoisotopic (exact) mass is 486 g/mol. The van der Waals surface area contributed by atoms with E-state index < -0.39 is 0 Å². The van der Waals surface area contributed by atoms with Gasteiger partial charge >= 0.3 is 0 Å². The quantitative estimate of drug-likeness (QED) is 0.373. The Labute approximate surface area is 176 Å². The van der Waals surface area contributed by atoms with Crippen LogP contribution >= 0.6 is 35.3 Å². The molecule has 142 valence electrons. The standard InChI is InChI=1S/C18H26N6S.HI/c1-3-19-18(23-13-17-21-11-14(2)25-17)22-12-15-6-7-20-16(10-15)24-8-4-5-9-24;/h6-7,10-11H,3-5,8-9,12-13H2,1-2H3,(H2,19,22,23);1H. The molecule has 8 heteroatoms. The molecule has 0 aromatic carbocycles. The van der Waals surface area contributed by atoms with Crippen LogP contribution in [0.5, 0.6) is 0 Å². The van der Waals surface area contributed by atoms with Crippen molar-refractivity contribution >= 4 is 47.1 Å². The van der Waals surface area contributed by atoms with Crippen molar-refractivity contribution in [3.8, 4) is 0 Å². The van der Waals surface area contributed by atoms with Gasteiger partial charge in [0.1, 0.15) is 10.8 Å². The molecule has 2 N–H and O–H groups in total. The van der Waals surface area contributed by atoms with Crippen molar-refractivity contribution in [1.82, 2.24) is 20.6 Å². The lowest BCUT2D eigenvalue weighted by atomic mass is 10.2. The summed E-state index contributed by atoms with van der Waals surface area (Å²) in [5.74, 6) is 1.89. The molecule has 0 atom stereocenters. The fraction of sp³-hybridized carbons (Fsp3) is 0.500. The Hall–Kier alpha value is -1.42. The zero-order valence-corrected chi connectivity index (χ0v) is 18.5. The third-order valence-electron chi connectivity index (χ3n) is 4.08. The molecule has 2 aromatic rings. The minimum absolute atomic E-state index is 0. The third-order valence-corrected chi connectivity index (χ3v) is 4.99. The maximum absolute atomic E-state index is 4.70. The molecule has 2 aromatic heterocycles. The molecule has 6 nitrogen and oxygen atoms in total. The first-order chi connectivity index (χ1) is 12.2. The lowest BCUT2D eigenvalue weighted by Crippen LogP contribution is -2.36. The molecule has 26 heavy (non-hydrogen) atoms. The topological polar surface area (TPSA) is 65.4 Å². The number of anilines is 1. The van der Waals surface area contributed by atoms with Crippen molar-refractivity contribution in [1.29, 1.82) is 0 Å². The zero-order valence-electron chi connectivity index (χ0n) is 15.4. The molecular weight excluding hydrogens is 459 g/mol. The maximum atomic E-state index is 4.70. The third kappa shape index (κ3) is 6.08. The van der Waals surface area contributed by atoms with E-state index in [1.165, 1.54) is 23.3 Å². The van der Waals surface area contributed by atoms with Crippen molar-refractivity contribution in [3.63, 3.8) is 0 Å². The van der Waals surface area contributed by atoms with Gasteiger partial charge in [-0.05, 0) is 44.4 Å². The highest BCUT2D eigenvalue weighted by atomic mass is 127. The molecular formula is C18H27IN6S. The van der Waals surface area contributed by atoms with E-state index in [0.29, 0.717) is 13.1 Å². The fourth-order valence-corrected chi connectivity index (χ4v) is 3.56. The number of pyridine rings is 1. The van der Waals surface area contributed by atoms with Crippen LogP contribution in [-0.4, -0.2) is 35.6 Å². The Bertz CT molecular complexity index is 711. The molecule has 0 radical (unpaired) electrons. The van der Waals surface area contributed by atoms with Crippen LogP contribution < -0.4 is 15.5 Å². The molecule has 1 aliphatic heterocycles. The predicted octanol–water partition coefficient (Wildman–Crippen LogP) is 3.32. The summed E-state index contributed by atoms with van der Waals surface area (Å²) in [6.45, 7) is 8.52. The number of halogens is 1. The van der Waals surface area contributed by atoms with Crippen molar-refractivity contribution < 1.29 is 0 Å². The van der Waals surface area contributed by atoms with Crippen molar-refractivity contribution in [3.05, 3.63) is 40.0 Å². The van der Waals surface area contributed by atoms with E-state index in [4.69, 9.17) is 4.99 Å². The number of aryl methyl sites for hydroxylation is 1. The molecule has 1 aliphatic rings. The SMILES string of the molecule is CCNC(=NCc1ccnc(N2CCCC2)c1)NCc1ncc(C)s1.I. The van der Waals surface area contributed by atoms with Gasteiger partial charge in [-0.3, -0.25) is 0 Å². The molecule has 1 fully saturated rings. The lowest BCUT2D eigenvalue weighted by molar-refractivity contribution is 0.811. The van der Waals surface area contributed by atoms with Crippen molar-refractivity contribution in [2.45, 2.75) is 39.8 Å². The highest BCUT2D eigenvalue weighted by molar-refractivity contribution is 14.0. The molecule has 0 amide bonds. The predicted molar refractivity (Wildman–Crippen MR) is 120 cm³/mol. The van der Waals surface area contributed by atoms with Crippen LogP contribution in [0, 0.1) is 6.92 Å². The van der Waals surface area contributed by atoms with Crippen LogP contribution in [0.3, 0.4) is 0 Å². The van der Waals surface area contributed by atoms with E-state index in [2.05, 4.69) is 45.4 Å². The minimum Gasteiger partial charge on any atom is -0.357 e. The van der Waals surface area contributed by atoms with Gasteiger partial charge in [0.15, 0.2) is 5.96 Å². The van der Waals surface area contributed by atoms with Gasteiger partial charge < -0.3 is 15.5 Å². The Morgan fingerprint density at radius 2 is 2.08 bits per heavy atom. The molecule has 0 aliphatic carbocycles. The second-order valence-corrected chi connectivity index (χ2v) is 7.45. The number of guanidine groups is 1. The largest absolute Gasteiger partial charge is 0.357 e. The number of aliphatic imine (C=N–C) groups is 1. The van der Waals surface area contributed by atoms with E-state index in [1.54, 1.807) is 11.3 Å². The van der Waals surface area contributed by atoms with E-state index in [9.17, 15) is 0 Å². The lowest BCUT2D eigenvalue weighted by Gasteiger charge is -2.16. The first kappa shape index (κ1) is 20.9. The van der Waals surface area contributed by atoms with Gasteiger partial charge in [-0.15, -0.1) is 35.3 Å². The number of nitrogens with one attached hydrogen (secondary N) is 2. The Morgan fingerprint density at radius 1 is 1.27 bits per heavy atom. The number of hydrogen-bond donors (Lipinski definition) is 2. The van der Waals surface area contributed by atoms with E-state index >= 15 is 0 Å². The Morgan fingerprint density at radius 3 is 2.77 bits per heavy atom. The van der Waals surface area contributed by atoms with Crippen LogP contribution in [0.1, 0.15) is 35.2 Å². The van der Waals surface area contributed by atoms with Gasteiger partial charge in [-0.1, -0.05) is 0 Å². The van der Waals surface area contributed by atoms with Crippen LogP contribution in [0.4, 0.5) is 5.82 Å². The number of thiazole rings is 1. The number of rotatable bonds is 6. The van der Waals surface area contributed by atoms with E-state index in [-0.39, 0.29) is 24.0 Å². The Kier molecular flexibility index (Phi) is 8.56. The number of nitrogens with zero attached hydrogens (tertiary/aromatic N) is 4. The first-order valence-electron chi connectivity index (χ1n) is 8.88. The second-order valence-electron chi connectivity index (χ2n) is 6.13. The summed E-state index contributed by atoms with van der Waals surface area (Å²) in [6.07, 6.45) is 6.31. The van der Waals surface area contributed by atoms with Crippen LogP contribution in [0.25, 0.3) is 0 Å². The summed E-state index contributed by atoms with van der Waals surface area (Å²) in [5, 5.41) is 7.71. The summed E-state index contributed by atoms with van der Waals surface area (Å²) in [4.78, 5) is 17.2. The average Bonchev–Trinajstić information content (AvgIpc) is 3.29. The summed E-state index contributed by atoms with van der Waals surface area (Å²) in [5.41, 5.74) is 1.18. The van der Waals surface area contributed by atoms with Crippen LogP contribution in [0.2, 0.25) is 0 Å². The molecule has 0 spiro atoms. The van der Waals surface area contributed by atoms with Gasteiger partial charge in [0, 0.05) is 36.9 Å². The summed E-state index contributed by atoms with van der Waals surface area (Å²) >= 11 is 1.71. The summed E-state index contributed by atoms with van der Waals surface area (Å²) < 4.78 is 0. The van der Waals surface area contributed by atoms with Crippen molar-refractivity contribution in [2.24, 2.45) is 4.99 Å². The van der Waals surface area contributed by atoms with Gasteiger partial charge in [0.05, 0.1) is 13.1 Å². The molecule has 1 saturated heterocycles. The first-order valence-corrected chi connectivity index (χ1v) is 9.69. The maximum Gasteiger partial charge on any atom is 0.191 e. The Balaban J connectivity index is 0.00000243. The zero-order chi connectivity index (χ0) is 17.5. The number of hydrogen-bond acceptors (Lipinski definition) is 5. The van der Waals surface area contributed by atoms with Gasteiger partial charge in [0.2, 0.25) is 0 Å². The smallest absolute Gasteiger partial charge is 0.191 e. The summed E-state index contributed by atoms with van der Waals surface area (Å²) in [7, 11) is 0. The van der Waals surface area contributed by atoms with Crippen LogP contribution in [-0.2, 0) is 13.1 Å². The average molecular weight is 486 g/mol. The van der Waals surface area contributed by atoms with Gasteiger partial charge in [-0.2, -0.15) is 0 Å². The normalized spacial score (nSPS) is 14.2. The van der Waals surface area contributed by atoms with E-state index in [1.807, 2.05) is 18.5 Å². The highest BCUT2D eigenvalue weighted by Crippen LogP contribution is 2.18. The minimum atomic E-state index is 0. The van der Waals surface area contributed by atoms with E-state index in [0.717, 1.165) is 36.4 Å². The van der Waals surface area contributed by atoms with Crippen LogP contribution in [0.15, 0.2) is 29.5 Å². The fourth-order valence-electron chi connectivity index (χ4n) is 2.83. The molecule has 0 saturated carbocycles. The highest BCUT2D eigenvalue weighted by Gasteiger charge is 2.13. The van der Waals surface area contributed by atoms with Gasteiger partial charge in [0.25, 0.3) is 0 Å². The molecule has 3 rings (SSSR count). The molecule has 0 unspecified atom stereocenters. The molecule has 3 heterocycles. The second kappa shape index (κ2) is 10.7.